The molecule has 10 nitrogen and oxygen atoms in total. The van der Waals surface area contributed by atoms with Crippen LogP contribution >= 0.6 is 11.3 Å². The molecule has 3 heterocycles. The van der Waals surface area contributed by atoms with Crippen LogP contribution in [0.2, 0.25) is 0 Å². The number of benzene rings is 1. The highest BCUT2D eigenvalue weighted by atomic mass is 32.1. The van der Waals surface area contributed by atoms with Crippen LogP contribution in [0.5, 0.6) is 0 Å². The van der Waals surface area contributed by atoms with E-state index in [4.69, 9.17) is 5.73 Å². The van der Waals surface area contributed by atoms with Gasteiger partial charge in [0.25, 0.3) is 5.91 Å². The van der Waals surface area contributed by atoms with Gasteiger partial charge >= 0.3 is 0 Å². The number of carbonyl (C=O) groups is 1. The number of amides is 1. The topological polar surface area (TPSA) is 135 Å². The number of nitrogens with two attached hydrogens (primary N) is 1. The molecule has 12 heteroatoms. The molecule has 0 unspecified atom stereocenters. The van der Waals surface area contributed by atoms with Crippen molar-refractivity contribution >= 4 is 39.7 Å². The first-order chi connectivity index (χ1) is 16.4. The SMILES string of the molecule is Cc1cc(F)cc2c1nc(N)n1nc([C@@H](C)CC[C@H](C)N(C)C(=O)c3nnc(C(C)(C)O)s3)nc21. The first-order valence-electron chi connectivity index (χ1n) is 11.3. The van der Waals surface area contributed by atoms with E-state index in [2.05, 4.69) is 25.3 Å². The van der Waals surface area contributed by atoms with Crippen LogP contribution in [0.3, 0.4) is 0 Å². The number of nitrogens with zero attached hydrogens (tertiary/aromatic N) is 7. The Kier molecular flexibility index (Phi) is 6.45. The quantitative estimate of drug-likeness (QED) is 0.394. The minimum Gasteiger partial charge on any atom is -0.383 e. The second-order valence-corrected chi connectivity index (χ2v) is 10.5. The lowest BCUT2D eigenvalue weighted by atomic mass is 10.0. The molecule has 0 fully saturated rings. The number of carbonyl (C=O) groups excluding carboxylic acids is 1. The number of aryl methyl sites for hydroxylation is 1. The summed E-state index contributed by atoms with van der Waals surface area (Å²) in [7, 11) is 1.72. The number of hydrogen-bond acceptors (Lipinski definition) is 9. The van der Waals surface area contributed by atoms with Gasteiger partial charge in [0.15, 0.2) is 11.5 Å². The summed E-state index contributed by atoms with van der Waals surface area (Å²) in [5.41, 5.74) is 6.71. The molecule has 186 valence electrons. The Labute approximate surface area is 206 Å². The van der Waals surface area contributed by atoms with E-state index in [1.807, 2.05) is 13.8 Å². The van der Waals surface area contributed by atoms with Crippen LogP contribution in [0, 0.1) is 12.7 Å². The Morgan fingerprint density at radius 2 is 1.97 bits per heavy atom. The monoisotopic (exact) mass is 500 g/mol. The molecule has 0 saturated carbocycles. The van der Waals surface area contributed by atoms with Gasteiger partial charge in [-0.2, -0.15) is 4.52 Å². The normalized spacial score (nSPS) is 13.9. The fraction of sp³-hybridized carbons (Fsp3) is 0.478. The number of fused-ring (bicyclic) bond motifs is 3. The third kappa shape index (κ3) is 4.80. The molecule has 0 saturated heterocycles. The van der Waals surface area contributed by atoms with Gasteiger partial charge in [-0.1, -0.05) is 18.3 Å². The third-order valence-electron chi connectivity index (χ3n) is 6.14. The average molecular weight is 501 g/mol. The Morgan fingerprint density at radius 1 is 1.26 bits per heavy atom. The molecule has 1 aromatic carbocycles. The van der Waals surface area contributed by atoms with Gasteiger partial charge in [-0.25, -0.2) is 14.4 Å². The lowest BCUT2D eigenvalue weighted by Crippen LogP contribution is -2.35. The van der Waals surface area contributed by atoms with Gasteiger partial charge in [-0.15, -0.1) is 15.3 Å². The van der Waals surface area contributed by atoms with Gasteiger partial charge < -0.3 is 15.7 Å². The molecular weight excluding hydrogens is 471 g/mol. The van der Waals surface area contributed by atoms with Gasteiger partial charge in [0, 0.05) is 24.4 Å². The number of nitrogen functional groups attached to an aromatic ring is 1. The molecule has 1 amide bonds. The highest BCUT2D eigenvalue weighted by Crippen LogP contribution is 2.28. The Hall–Kier alpha value is -3.25. The number of anilines is 1. The van der Waals surface area contributed by atoms with Gasteiger partial charge in [0.1, 0.15) is 16.4 Å². The minimum atomic E-state index is -1.15. The van der Waals surface area contributed by atoms with Gasteiger partial charge in [0.2, 0.25) is 11.0 Å². The summed E-state index contributed by atoms with van der Waals surface area (Å²) in [6, 6.07) is 2.73. The highest BCUT2D eigenvalue weighted by Gasteiger charge is 2.27. The van der Waals surface area contributed by atoms with Crippen LogP contribution in [-0.2, 0) is 5.60 Å². The van der Waals surface area contributed by atoms with Crippen molar-refractivity contribution in [2.24, 2.45) is 0 Å². The van der Waals surface area contributed by atoms with Crippen LogP contribution in [0.4, 0.5) is 10.3 Å². The third-order valence-corrected chi connectivity index (χ3v) is 7.37. The number of halogens is 1. The van der Waals surface area contributed by atoms with Crippen LogP contribution < -0.4 is 5.73 Å². The molecule has 0 aliphatic rings. The zero-order chi connectivity index (χ0) is 25.7. The van der Waals surface area contributed by atoms with E-state index < -0.39 is 5.60 Å². The summed E-state index contributed by atoms with van der Waals surface area (Å²) in [5, 5.41) is 23.7. The summed E-state index contributed by atoms with van der Waals surface area (Å²) in [6.07, 6.45) is 1.40. The molecule has 3 aromatic heterocycles. The predicted octanol–water partition coefficient (Wildman–Crippen LogP) is 3.43. The maximum atomic E-state index is 14.1. The smallest absolute Gasteiger partial charge is 0.284 e. The standard InChI is InChI=1S/C23H29FN8O2S/c1-11(7-8-13(3)31(6)20(33)19-28-29-21(35-19)23(4,5)34)17-27-18-15-10-14(24)9-12(2)16(15)26-22(25)32(18)30-17/h9-11,13,34H,7-8H2,1-6H3,(H2,25,26)/t11-,13-/m0/s1. The van der Waals surface area contributed by atoms with Crippen LogP contribution in [0.15, 0.2) is 12.1 Å². The summed E-state index contributed by atoms with van der Waals surface area (Å²) in [4.78, 5) is 23.5. The summed E-state index contributed by atoms with van der Waals surface area (Å²) < 4.78 is 15.5. The Morgan fingerprint density at radius 3 is 2.63 bits per heavy atom. The van der Waals surface area contributed by atoms with E-state index in [0.717, 1.165) is 11.3 Å². The van der Waals surface area contributed by atoms with E-state index in [9.17, 15) is 14.3 Å². The van der Waals surface area contributed by atoms with E-state index in [0.29, 0.717) is 45.8 Å². The fourth-order valence-corrected chi connectivity index (χ4v) is 4.64. The summed E-state index contributed by atoms with van der Waals surface area (Å²) in [6.45, 7) is 8.95. The molecule has 4 rings (SSSR count). The molecule has 3 N–H and O–H groups in total. The second-order valence-electron chi connectivity index (χ2n) is 9.51. The van der Waals surface area contributed by atoms with Crippen molar-refractivity contribution in [3.63, 3.8) is 0 Å². The largest absolute Gasteiger partial charge is 0.383 e. The maximum absolute atomic E-state index is 14.1. The van der Waals surface area contributed by atoms with Crippen molar-refractivity contribution in [1.82, 2.24) is 34.7 Å². The number of rotatable bonds is 7. The predicted molar refractivity (Wildman–Crippen MR) is 132 cm³/mol. The first kappa shape index (κ1) is 24.9. The van der Waals surface area contributed by atoms with Crippen LogP contribution in [-0.4, -0.2) is 58.8 Å². The summed E-state index contributed by atoms with van der Waals surface area (Å²) in [5.74, 6) is 0.120. The number of hydrogen-bond donors (Lipinski definition) is 2. The average Bonchev–Trinajstić information content (AvgIpc) is 3.45. The van der Waals surface area contributed by atoms with Crippen molar-refractivity contribution in [3.8, 4) is 0 Å². The van der Waals surface area contributed by atoms with Gasteiger partial charge in [0.05, 0.1) is 5.52 Å². The molecule has 35 heavy (non-hydrogen) atoms. The summed E-state index contributed by atoms with van der Waals surface area (Å²) >= 11 is 1.09. The van der Waals surface area contributed by atoms with E-state index in [1.165, 1.54) is 16.6 Å². The molecule has 2 atom stereocenters. The van der Waals surface area contributed by atoms with Crippen molar-refractivity contribution in [1.29, 1.82) is 0 Å². The Bertz CT molecular complexity index is 1410. The first-order valence-corrected chi connectivity index (χ1v) is 12.1. The van der Waals surface area contributed by atoms with E-state index in [1.54, 1.807) is 32.7 Å². The van der Waals surface area contributed by atoms with Crippen molar-refractivity contribution in [2.75, 3.05) is 12.8 Å². The van der Waals surface area contributed by atoms with Crippen LogP contribution in [0.25, 0.3) is 16.6 Å². The van der Waals surface area contributed by atoms with Crippen molar-refractivity contribution in [2.45, 2.75) is 65.0 Å². The minimum absolute atomic E-state index is 0.0340. The zero-order valence-electron chi connectivity index (χ0n) is 20.6. The van der Waals surface area contributed by atoms with Gasteiger partial charge in [-0.05, 0) is 58.2 Å². The zero-order valence-corrected chi connectivity index (χ0v) is 21.4. The van der Waals surface area contributed by atoms with E-state index >= 15 is 0 Å². The lowest BCUT2D eigenvalue weighted by Gasteiger charge is -2.24. The lowest BCUT2D eigenvalue weighted by molar-refractivity contribution is 0.0730. The molecule has 0 aliphatic carbocycles. The number of aliphatic hydroxyl groups is 1. The molecule has 0 spiro atoms. The second kappa shape index (κ2) is 9.08. The fourth-order valence-electron chi connectivity index (χ4n) is 3.81. The highest BCUT2D eigenvalue weighted by molar-refractivity contribution is 7.13. The van der Waals surface area contributed by atoms with Gasteiger partial charge in [-0.3, -0.25) is 4.79 Å². The molecule has 0 radical (unpaired) electrons. The molecule has 4 aromatic rings. The number of aromatic nitrogens is 6. The van der Waals surface area contributed by atoms with E-state index in [-0.39, 0.29) is 34.6 Å². The molecule has 0 bridgehead atoms. The van der Waals surface area contributed by atoms with Crippen molar-refractivity contribution in [3.05, 3.63) is 39.4 Å². The molecular formula is C23H29FN8O2S. The maximum Gasteiger partial charge on any atom is 0.284 e. The van der Waals surface area contributed by atoms with Crippen molar-refractivity contribution < 1.29 is 14.3 Å². The molecule has 0 aliphatic heterocycles. The van der Waals surface area contributed by atoms with Crippen LogP contribution in [0.1, 0.15) is 72.7 Å². The Balaban J connectivity index is 1.49.